The molecule has 3 atom stereocenters. The van der Waals surface area contributed by atoms with Crippen LogP contribution in [0.1, 0.15) is 43.0 Å². The van der Waals surface area contributed by atoms with E-state index in [2.05, 4.69) is 47.5 Å². The maximum Gasteiger partial charge on any atom is 0.136 e. The van der Waals surface area contributed by atoms with E-state index in [4.69, 9.17) is 0 Å². The normalized spacial score (nSPS) is 31.6. The summed E-state index contributed by atoms with van der Waals surface area (Å²) in [5, 5.41) is 7.57. The Bertz CT molecular complexity index is 676. The minimum absolute atomic E-state index is 0.0569. The van der Waals surface area contributed by atoms with Crippen LogP contribution < -0.4 is 0 Å². The van der Waals surface area contributed by atoms with Crippen molar-refractivity contribution in [2.45, 2.75) is 38.0 Å². The van der Waals surface area contributed by atoms with E-state index < -0.39 is 0 Å². The van der Waals surface area contributed by atoms with E-state index in [0.717, 1.165) is 19.3 Å². The molecule has 1 saturated carbocycles. The van der Waals surface area contributed by atoms with Crippen LogP contribution in [-0.2, 0) is 16.6 Å². The van der Waals surface area contributed by atoms with Crippen LogP contribution in [0.15, 0.2) is 36.5 Å². The molecule has 1 N–H and O–H groups in total. The van der Waals surface area contributed by atoms with Gasteiger partial charge in [-0.15, -0.1) is 0 Å². The van der Waals surface area contributed by atoms with Gasteiger partial charge in [-0.25, -0.2) is 0 Å². The van der Waals surface area contributed by atoms with Crippen LogP contribution >= 0.6 is 0 Å². The molecule has 0 spiro atoms. The summed E-state index contributed by atoms with van der Waals surface area (Å²) in [6.45, 7) is 2.12. The van der Waals surface area contributed by atoms with E-state index in [9.17, 15) is 4.79 Å². The first kappa shape index (κ1) is 12.8. The molecule has 0 aliphatic heterocycles. The van der Waals surface area contributed by atoms with Crippen LogP contribution in [0.4, 0.5) is 0 Å². The molecule has 3 nitrogen and oxygen atoms in total. The predicted molar refractivity (Wildman–Crippen MR) is 81.0 cm³/mol. The van der Waals surface area contributed by atoms with E-state index in [0.29, 0.717) is 18.1 Å². The van der Waals surface area contributed by atoms with Crippen molar-refractivity contribution in [3.05, 3.63) is 53.3 Å². The number of Topliss-reactive ketones (excluding diaryl/α,β-unsaturated/α-hetero) is 1. The number of ketones is 1. The van der Waals surface area contributed by atoms with Crippen LogP contribution in [0.25, 0.3) is 0 Å². The highest BCUT2D eigenvalue weighted by Crippen LogP contribution is 2.54. The van der Waals surface area contributed by atoms with Gasteiger partial charge in [-0.05, 0) is 36.3 Å². The fraction of sp³-hybridized carbons (Fsp3) is 0.444. The monoisotopic (exact) mass is 280 g/mol. The molecule has 0 saturated heterocycles. The smallest absolute Gasteiger partial charge is 0.136 e. The lowest BCUT2D eigenvalue weighted by Crippen LogP contribution is -2.49. The van der Waals surface area contributed by atoms with Crippen molar-refractivity contribution in [2.24, 2.45) is 11.8 Å². The van der Waals surface area contributed by atoms with E-state index in [1.807, 2.05) is 6.20 Å². The third-order valence-electron chi connectivity index (χ3n) is 5.69. The van der Waals surface area contributed by atoms with Gasteiger partial charge in [0.1, 0.15) is 5.78 Å². The number of carbonyl (C=O) groups is 1. The highest BCUT2D eigenvalue weighted by atomic mass is 16.1. The van der Waals surface area contributed by atoms with Crippen LogP contribution in [0.5, 0.6) is 0 Å². The summed E-state index contributed by atoms with van der Waals surface area (Å²) in [7, 11) is 0. The molecule has 1 heterocycles. The van der Waals surface area contributed by atoms with Crippen LogP contribution in [-0.4, -0.2) is 16.0 Å². The van der Waals surface area contributed by atoms with Crippen molar-refractivity contribution in [1.82, 2.24) is 10.2 Å². The zero-order chi connectivity index (χ0) is 14.4. The molecule has 2 aromatic rings. The Morgan fingerprint density at radius 2 is 2.05 bits per heavy atom. The summed E-state index contributed by atoms with van der Waals surface area (Å²) in [6.07, 6.45) is 5.65. The summed E-state index contributed by atoms with van der Waals surface area (Å²) < 4.78 is 0. The van der Waals surface area contributed by atoms with Crippen molar-refractivity contribution < 1.29 is 4.79 Å². The fourth-order valence-corrected chi connectivity index (χ4v) is 4.63. The minimum Gasteiger partial charge on any atom is -0.299 e. The van der Waals surface area contributed by atoms with Gasteiger partial charge in [0.15, 0.2) is 0 Å². The number of carbonyl (C=O) groups excluding carboxylic acids is 1. The van der Waals surface area contributed by atoms with Gasteiger partial charge in [0.05, 0.1) is 6.20 Å². The Hall–Kier alpha value is -1.90. The summed E-state index contributed by atoms with van der Waals surface area (Å²) in [5.74, 6) is 0.944. The number of H-pyrrole nitrogens is 1. The lowest BCUT2D eigenvalue weighted by atomic mass is 9.53. The second kappa shape index (κ2) is 4.55. The number of nitrogens with one attached hydrogen (secondary N) is 1. The zero-order valence-electron chi connectivity index (χ0n) is 12.3. The van der Waals surface area contributed by atoms with Crippen LogP contribution in [0.2, 0.25) is 0 Å². The van der Waals surface area contributed by atoms with E-state index in [1.165, 1.54) is 16.8 Å². The Labute approximate surface area is 124 Å². The van der Waals surface area contributed by atoms with Gasteiger partial charge in [0.25, 0.3) is 0 Å². The maximum absolute atomic E-state index is 12.2. The quantitative estimate of drug-likeness (QED) is 0.871. The molecule has 108 valence electrons. The van der Waals surface area contributed by atoms with Gasteiger partial charge >= 0.3 is 0 Å². The van der Waals surface area contributed by atoms with Crippen molar-refractivity contribution in [3.8, 4) is 0 Å². The first-order valence-electron chi connectivity index (χ1n) is 7.84. The number of aromatic nitrogens is 2. The molecule has 0 bridgehead atoms. The maximum atomic E-state index is 12.2. The number of fused-ring (bicyclic) bond motifs is 3. The average Bonchev–Trinajstić information content (AvgIpc) is 3.01. The topological polar surface area (TPSA) is 45.8 Å². The highest BCUT2D eigenvalue weighted by Gasteiger charge is 2.52. The lowest BCUT2D eigenvalue weighted by molar-refractivity contribution is -0.128. The second-order valence-electron chi connectivity index (χ2n) is 6.51. The number of hydrogen-bond donors (Lipinski definition) is 1. The van der Waals surface area contributed by atoms with Gasteiger partial charge in [-0.3, -0.25) is 9.89 Å². The van der Waals surface area contributed by atoms with Crippen LogP contribution in [0.3, 0.4) is 0 Å². The van der Waals surface area contributed by atoms with Gasteiger partial charge in [0, 0.05) is 23.4 Å². The highest BCUT2D eigenvalue weighted by molar-refractivity contribution is 5.83. The van der Waals surface area contributed by atoms with Gasteiger partial charge < -0.3 is 0 Å². The van der Waals surface area contributed by atoms with Gasteiger partial charge in [0.2, 0.25) is 0 Å². The first-order valence-corrected chi connectivity index (χ1v) is 7.84. The number of rotatable bonds is 1. The van der Waals surface area contributed by atoms with Crippen LogP contribution in [0, 0.1) is 11.8 Å². The van der Waals surface area contributed by atoms with Crippen molar-refractivity contribution >= 4 is 5.78 Å². The molecule has 1 fully saturated rings. The molecule has 0 amide bonds. The zero-order valence-corrected chi connectivity index (χ0v) is 12.3. The molecule has 4 rings (SSSR count). The lowest BCUT2D eigenvalue weighted by Gasteiger charge is -2.49. The fourth-order valence-electron chi connectivity index (χ4n) is 4.63. The van der Waals surface area contributed by atoms with Crippen molar-refractivity contribution in [3.63, 3.8) is 0 Å². The molecule has 0 radical (unpaired) electrons. The molecule has 1 aromatic carbocycles. The van der Waals surface area contributed by atoms with Gasteiger partial charge in [-0.1, -0.05) is 37.3 Å². The van der Waals surface area contributed by atoms with Gasteiger partial charge in [-0.2, -0.15) is 5.10 Å². The minimum atomic E-state index is -0.0569. The van der Waals surface area contributed by atoms with Crippen molar-refractivity contribution in [2.75, 3.05) is 0 Å². The summed E-state index contributed by atoms with van der Waals surface area (Å²) in [5.41, 5.74) is 3.86. The third kappa shape index (κ3) is 1.66. The molecule has 2 aliphatic rings. The Balaban J connectivity index is 1.95. The van der Waals surface area contributed by atoms with E-state index in [-0.39, 0.29) is 11.3 Å². The molecule has 3 unspecified atom stereocenters. The number of nitrogens with zero attached hydrogens (tertiary/aromatic N) is 1. The number of aromatic amines is 1. The molecule has 1 aromatic heterocycles. The SMILES string of the molecule is CC1C(=O)CCC2(c3ccccc3)c3[nH]ncc3CCC12. The third-order valence-corrected chi connectivity index (χ3v) is 5.69. The second-order valence-corrected chi connectivity index (χ2v) is 6.51. The Morgan fingerprint density at radius 3 is 2.86 bits per heavy atom. The molecular formula is C18H20N2O. The molecular weight excluding hydrogens is 260 g/mol. The summed E-state index contributed by atoms with van der Waals surface area (Å²) in [6, 6.07) is 10.7. The standard InChI is InChI=1S/C18H20N2O/c1-12-15-8-7-13-11-19-20-17(13)18(15,10-9-16(12)21)14-5-3-2-4-6-14/h2-6,11-12,15H,7-10H2,1H3,(H,19,20). The molecule has 21 heavy (non-hydrogen) atoms. The van der Waals surface area contributed by atoms with E-state index >= 15 is 0 Å². The Kier molecular flexibility index (Phi) is 2.78. The summed E-state index contributed by atoms with van der Waals surface area (Å²) >= 11 is 0. The molecule has 3 heteroatoms. The number of hydrogen-bond acceptors (Lipinski definition) is 2. The molecule has 2 aliphatic carbocycles. The summed E-state index contributed by atoms with van der Waals surface area (Å²) in [4.78, 5) is 12.2. The van der Waals surface area contributed by atoms with Crippen molar-refractivity contribution in [1.29, 1.82) is 0 Å². The average molecular weight is 280 g/mol. The number of aryl methyl sites for hydroxylation is 1. The Morgan fingerprint density at radius 1 is 1.24 bits per heavy atom. The first-order chi connectivity index (χ1) is 10.2. The number of benzene rings is 1. The predicted octanol–water partition coefficient (Wildman–Crippen LogP) is 3.26. The van der Waals surface area contributed by atoms with E-state index in [1.54, 1.807) is 0 Å². The largest absolute Gasteiger partial charge is 0.299 e.